The van der Waals surface area contributed by atoms with E-state index in [9.17, 15) is 18.3 Å². The Labute approximate surface area is 107 Å². The zero-order chi connectivity index (χ0) is 13.2. The van der Waals surface area contributed by atoms with Gasteiger partial charge in [0, 0.05) is 12.1 Å². The first-order chi connectivity index (χ1) is 8.44. The average Bonchev–Trinajstić information content (AvgIpc) is 2.61. The summed E-state index contributed by atoms with van der Waals surface area (Å²) in [5.74, 6) is 0.206. The molecule has 2 rings (SSSR count). The summed E-state index contributed by atoms with van der Waals surface area (Å²) >= 11 is 0. The minimum Gasteiger partial charge on any atom is -0.393 e. The molecule has 0 aromatic rings. The van der Waals surface area contributed by atoms with Crippen molar-refractivity contribution < 1.29 is 18.3 Å². The third-order valence-electron chi connectivity index (χ3n) is 3.60. The van der Waals surface area contributed by atoms with Crippen molar-refractivity contribution in [3.8, 4) is 0 Å². The molecule has 0 bridgehead atoms. The maximum absolute atomic E-state index is 11.7. The Bertz CT molecular complexity index is 401. The summed E-state index contributed by atoms with van der Waals surface area (Å²) < 4.78 is 22.5. The molecule has 0 aromatic carbocycles. The summed E-state index contributed by atoms with van der Waals surface area (Å²) in [5.41, 5.74) is 0. The van der Waals surface area contributed by atoms with E-state index >= 15 is 0 Å². The van der Waals surface area contributed by atoms with Crippen LogP contribution in [0.15, 0.2) is 0 Å². The third kappa shape index (κ3) is 3.84. The van der Waals surface area contributed by atoms with Crippen molar-refractivity contribution in [3.05, 3.63) is 0 Å². The monoisotopic (exact) mass is 276 g/mol. The van der Waals surface area contributed by atoms with E-state index in [0.717, 1.165) is 12.8 Å². The smallest absolute Gasteiger partial charge is 0.315 e. The summed E-state index contributed by atoms with van der Waals surface area (Å²) in [6, 6.07) is -0.464. The van der Waals surface area contributed by atoms with E-state index in [1.54, 1.807) is 0 Å². The van der Waals surface area contributed by atoms with Gasteiger partial charge < -0.3 is 15.7 Å². The number of hydrogen-bond donors (Lipinski definition) is 3. The van der Waals surface area contributed by atoms with Gasteiger partial charge in [0.05, 0.1) is 17.6 Å². The minimum atomic E-state index is -2.96. The number of aliphatic hydroxyl groups excluding tert-OH is 1. The van der Waals surface area contributed by atoms with Gasteiger partial charge in [-0.25, -0.2) is 13.2 Å². The minimum absolute atomic E-state index is 0.0454. The first-order valence-electron chi connectivity index (χ1n) is 6.40. The summed E-state index contributed by atoms with van der Waals surface area (Å²) in [7, 11) is -2.96. The number of amides is 2. The SMILES string of the molecule is O=C(NC1CCC(O)CC1)N[C@@H]1CCS(=O)(=O)C1. The summed E-state index contributed by atoms with van der Waals surface area (Å²) in [5, 5.41) is 14.9. The number of rotatable bonds is 2. The van der Waals surface area contributed by atoms with Gasteiger partial charge in [-0.1, -0.05) is 0 Å². The average molecular weight is 276 g/mol. The fourth-order valence-electron chi connectivity index (χ4n) is 2.54. The molecule has 6 nitrogen and oxygen atoms in total. The lowest BCUT2D eigenvalue weighted by Crippen LogP contribution is -2.47. The number of nitrogens with one attached hydrogen (secondary N) is 2. The highest BCUT2D eigenvalue weighted by Gasteiger charge is 2.29. The van der Waals surface area contributed by atoms with Crippen molar-refractivity contribution in [1.82, 2.24) is 10.6 Å². The molecule has 0 unspecified atom stereocenters. The molecule has 2 fully saturated rings. The zero-order valence-electron chi connectivity index (χ0n) is 10.3. The second-order valence-electron chi connectivity index (χ2n) is 5.22. The fourth-order valence-corrected chi connectivity index (χ4v) is 4.21. The van der Waals surface area contributed by atoms with Crippen molar-refractivity contribution in [2.24, 2.45) is 0 Å². The highest BCUT2D eigenvalue weighted by molar-refractivity contribution is 7.91. The normalized spacial score (nSPS) is 35.1. The van der Waals surface area contributed by atoms with Crippen LogP contribution < -0.4 is 10.6 Å². The lowest BCUT2D eigenvalue weighted by molar-refractivity contribution is 0.117. The predicted octanol–water partition coefficient (Wildman–Crippen LogP) is -0.224. The van der Waals surface area contributed by atoms with E-state index in [1.807, 2.05) is 0 Å². The van der Waals surface area contributed by atoms with Crippen molar-refractivity contribution in [3.63, 3.8) is 0 Å². The van der Waals surface area contributed by atoms with Gasteiger partial charge >= 0.3 is 6.03 Å². The van der Waals surface area contributed by atoms with Gasteiger partial charge in [-0.05, 0) is 32.1 Å². The van der Waals surface area contributed by atoms with E-state index in [4.69, 9.17) is 0 Å². The Balaban J connectivity index is 1.73. The Morgan fingerprint density at radius 1 is 1.00 bits per heavy atom. The standard InChI is InChI=1S/C11H20N2O4S/c14-10-3-1-8(2-4-10)12-11(15)13-9-5-6-18(16,17)7-9/h8-10,14H,1-7H2,(H2,12,13,15)/t8?,9-,10?/m1/s1. The molecular weight excluding hydrogens is 256 g/mol. The molecular formula is C11H20N2O4S. The van der Waals surface area contributed by atoms with Gasteiger partial charge in [0.2, 0.25) is 0 Å². The lowest BCUT2D eigenvalue weighted by atomic mass is 9.93. The number of urea groups is 1. The van der Waals surface area contributed by atoms with E-state index in [-0.39, 0.29) is 35.7 Å². The predicted molar refractivity (Wildman–Crippen MR) is 67.0 cm³/mol. The zero-order valence-corrected chi connectivity index (χ0v) is 11.1. The topological polar surface area (TPSA) is 95.5 Å². The van der Waals surface area contributed by atoms with Gasteiger partial charge in [-0.15, -0.1) is 0 Å². The van der Waals surface area contributed by atoms with E-state index in [2.05, 4.69) is 10.6 Å². The second-order valence-corrected chi connectivity index (χ2v) is 7.45. The number of aliphatic hydroxyl groups is 1. The van der Waals surface area contributed by atoms with Gasteiger partial charge in [0.25, 0.3) is 0 Å². The van der Waals surface area contributed by atoms with Crippen LogP contribution in [0.3, 0.4) is 0 Å². The molecule has 7 heteroatoms. The van der Waals surface area contributed by atoms with Crippen LogP contribution in [0.1, 0.15) is 32.1 Å². The molecule has 104 valence electrons. The molecule has 1 aliphatic heterocycles. The highest BCUT2D eigenvalue weighted by Crippen LogP contribution is 2.18. The Morgan fingerprint density at radius 3 is 2.17 bits per heavy atom. The molecule has 0 radical (unpaired) electrons. The van der Waals surface area contributed by atoms with Crippen molar-refractivity contribution in [2.45, 2.75) is 50.3 Å². The Morgan fingerprint density at radius 2 is 1.61 bits per heavy atom. The van der Waals surface area contributed by atoms with Crippen LogP contribution in [0.4, 0.5) is 4.79 Å². The van der Waals surface area contributed by atoms with Crippen LogP contribution in [0.2, 0.25) is 0 Å². The molecule has 1 saturated carbocycles. The first kappa shape index (κ1) is 13.6. The Kier molecular flexibility index (Phi) is 4.11. The maximum atomic E-state index is 11.7. The molecule has 1 heterocycles. The van der Waals surface area contributed by atoms with Crippen molar-refractivity contribution in [2.75, 3.05) is 11.5 Å². The highest BCUT2D eigenvalue weighted by atomic mass is 32.2. The van der Waals surface area contributed by atoms with Crippen LogP contribution in [0, 0.1) is 0 Å². The molecule has 0 spiro atoms. The van der Waals surface area contributed by atoms with E-state index < -0.39 is 9.84 Å². The van der Waals surface area contributed by atoms with Crippen molar-refractivity contribution in [1.29, 1.82) is 0 Å². The van der Waals surface area contributed by atoms with Gasteiger partial charge in [-0.2, -0.15) is 0 Å². The second kappa shape index (κ2) is 5.44. The van der Waals surface area contributed by atoms with Crippen LogP contribution in [0.25, 0.3) is 0 Å². The summed E-state index contributed by atoms with van der Waals surface area (Å²) in [6.07, 6.45) is 3.23. The van der Waals surface area contributed by atoms with Crippen molar-refractivity contribution >= 4 is 15.9 Å². The fraction of sp³-hybridized carbons (Fsp3) is 0.909. The maximum Gasteiger partial charge on any atom is 0.315 e. The lowest BCUT2D eigenvalue weighted by Gasteiger charge is -2.26. The number of hydrogen-bond acceptors (Lipinski definition) is 4. The molecule has 1 saturated heterocycles. The quantitative estimate of drug-likeness (QED) is 0.649. The van der Waals surface area contributed by atoms with E-state index in [1.165, 1.54) is 0 Å². The van der Waals surface area contributed by atoms with Crippen LogP contribution in [-0.2, 0) is 9.84 Å². The molecule has 3 N–H and O–H groups in total. The molecule has 0 aromatic heterocycles. The number of sulfone groups is 1. The van der Waals surface area contributed by atoms with Crippen LogP contribution in [-0.4, -0.2) is 49.2 Å². The molecule has 1 aliphatic carbocycles. The summed E-state index contributed by atoms with van der Waals surface area (Å²) in [4.78, 5) is 11.7. The van der Waals surface area contributed by atoms with Crippen LogP contribution >= 0.6 is 0 Å². The largest absolute Gasteiger partial charge is 0.393 e. The number of carbonyl (C=O) groups is 1. The van der Waals surface area contributed by atoms with Gasteiger partial charge in [0.15, 0.2) is 9.84 Å². The third-order valence-corrected chi connectivity index (χ3v) is 5.37. The first-order valence-corrected chi connectivity index (χ1v) is 8.22. The molecule has 18 heavy (non-hydrogen) atoms. The van der Waals surface area contributed by atoms with E-state index in [0.29, 0.717) is 19.3 Å². The van der Waals surface area contributed by atoms with Gasteiger partial charge in [0.1, 0.15) is 0 Å². The van der Waals surface area contributed by atoms with Gasteiger partial charge in [-0.3, -0.25) is 0 Å². The summed E-state index contributed by atoms with van der Waals surface area (Å²) in [6.45, 7) is 0. The molecule has 2 aliphatic rings. The molecule has 2 amide bonds. The Hall–Kier alpha value is -0.820. The number of carbonyl (C=O) groups excluding carboxylic acids is 1. The molecule has 1 atom stereocenters. The van der Waals surface area contributed by atoms with Crippen LogP contribution in [0.5, 0.6) is 0 Å².